The lowest BCUT2D eigenvalue weighted by Crippen LogP contribution is -2.17. The molecular formula is C16H12FN3O. The lowest BCUT2D eigenvalue weighted by molar-refractivity contribution is 0.0957. The number of benzene rings is 2. The van der Waals surface area contributed by atoms with Crippen molar-refractivity contribution in [3.63, 3.8) is 0 Å². The van der Waals surface area contributed by atoms with Gasteiger partial charge in [-0.3, -0.25) is 4.79 Å². The highest BCUT2D eigenvalue weighted by molar-refractivity contribution is 6.06. The number of hydrogen-bond acceptors (Lipinski definition) is 2. The zero-order chi connectivity index (χ0) is 14.7. The van der Waals surface area contributed by atoms with Crippen molar-refractivity contribution >= 4 is 23.0 Å². The third-order valence-corrected chi connectivity index (χ3v) is 3.06. The van der Waals surface area contributed by atoms with E-state index in [0.29, 0.717) is 11.1 Å². The summed E-state index contributed by atoms with van der Waals surface area (Å²) in [5.74, 6) is -0.665. The Bertz CT molecular complexity index is 823. The second kappa shape index (κ2) is 5.58. The average molecular weight is 281 g/mol. The molecule has 1 aromatic heterocycles. The highest BCUT2D eigenvalue weighted by Gasteiger charge is 2.10. The SMILES string of the molecule is O=C(N/N=C\c1cccc(F)c1)c1c[nH]c2ccccc12. The second-order valence-corrected chi connectivity index (χ2v) is 4.50. The monoisotopic (exact) mass is 281 g/mol. The molecule has 0 aliphatic carbocycles. The van der Waals surface area contributed by atoms with Gasteiger partial charge in [0.2, 0.25) is 0 Å². The van der Waals surface area contributed by atoms with Gasteiger partial charge < -0.3 is 4.98 Å². The number of aromatic amines is 1. The molecule has 2 N–H and O–H groups in total. The van der Waals surface area contributed by atoms with E-state index in [0.717, 1.165) is 10.9 Å². The largest absolute Gasteiger partial charge is 0.360 e. The number of fused-ring (bicyclic) bond motifs is 1. The number of aromatic nitrogens is 1. The first-order valence-electron chi connectivity index (χ1n) is 6.39. The molecular weight excluding hydrogens is 269 g/mol. The Balaban J connectivity index is 1.75. The molecule has 1 heterocycles. The number of carbonyl (C=O) groups excluding carboxylic acids is 1. The minimum Gasteiger partial charge on any atom is -0.360 e. The Morgan fingerprint density at radius 2 is 2.05 bits per heavy atom. The van der Waals surface area contributed by atoms with Gasteiger partial charge in [0.05, 0.1) is 11.8 Å². The van der Waals surface area contributed by atoms with Crippen LogP contribution in [-0.4, -0.2) is 17.1 Å². The molecule has 21 heavy (non-hydrogen) atoms. The Kier molecular flexibility index (Phi) is 3.47. The zero-order valence-electron chi connectivity index (χ0n) is 11.0. The summed E-state index contributed by atoms with van der Waals surface area (Å²) >= 11 is 0. The first-order valence-corrected chi connectivity index (χ1v) is 6.39. The van der Waals surface area contributed by atoms with Crippen molar-refractivity contribution < 1.29 is 9.18 Å². The van der Waals surface area contributed by atoms with Crippen LogP contribution in [0.3, 0.4) is 0 Å². The van der Waals surface area contributed by atoms with Crippen LogP contribution in [0.2, 0.25) is 0 Å². The quantitative estimate of drug-likeness (QED) is 0.562. The van der Waals surface area contributed by atoms with E-state index in [2.05, 4.69) is 15.5 Å². The van der Waals surface area contributed by atoms with Gasteiger partial charge in [-0.05, 0) is 23.8 Å². The van der Waals surface area contributed by atoms with Crippen LogP contribution in [0.1, 0.15) is 15.9 Å². The molecule has 1 amide bonds. The molecule has 104 valence electrons. The average Bonchev–Trinajstić information content (AvgIpc) is 2.91. The normalized spacial score (nSPS) is 11.1. The van der Waals surface area contributed by atoms with E-state index >= 15 is 0 Å². The van der Waals surface area contributed by atoms with E-state index in [-0.39, 0.29) is 11.7 Å². The number of hydrazone groups is 1. The summed E-state index contributed by atoms with van der Waals surface area (Å²) in [6.45, 7) is 0. The van der Waals surface area contributed by atoms with Crippen molar-refractivity contribution in [1.29, 1.82) is 0 Å². The smallest absolute Gasteiger partial charge is 0.273 e. The van der Waals surface area contributed by atoms with Gasteiger partial charge in [-0.1, -0.05) is 30.3 Å². The van der Waals surface area contributed by atoms with E-state index in [9.17, 15) is 9.18 Å². The van der Waals surface area contributed by atoms with Gasteiger partial charge in [0.1, 0.15) is 5.82 Å². The molecule has 0 atom stereocenters. The fraction of sp³-hybridized carbons (Fsp3) is 0. The van der Waals surface area contributed by atoms with Crippen molar-refractivity contribution in [3.8, 4) is 0 Å². The van der Waals surface area contributed by atoms with Crippen molar-refractivity contribution in [2.45, 2.75) is 0 Å². The molecule has 3 rings (SSSR count). The molecule has 0 spiro atoms. The molecule has 5 heteroatoms. The van der Waals surface area contributed by atoms with Crippen LogP contribution in [0.4, 0.5) is 4.39 Å². The standard InChI is InChI=1S/C16H12FN3O/c17-12-5-3-4-11(8-12)9-19-20-16(21)14-10-18-15-7-2-1-6-13(14)15/h1-10,18H,(H,20,21)/b19-9-. The lowest BCUT2D eigenvalue weighted by atomic mass is 10.2. The van der Waals surface area contributed by atoms with Gasteiger partial charge in [-0.25, -0.2) is 9.82 Å². The Morgan fingerprint density at radius 3 is 2.90 bits per heavy atom. The topological polar surface area (TPSA) is 57.2 Å². The Morgan fingerprint density at radius 1 is 1.19 bits per heavy atom. The molecule has 3 aromatic rings. The molecule has 0 fully saturated rings. The number of hydrogen-bond donors (Lipinski definition) is 2. The molecule has 0 unspecified atom stereocenters. The minimum atomic E-state index is -0.345. The number of carbonyl (C=O) groups is 1. The van der Waals surface area contributed by atoms with Gasteiger partial charge in [0.25, 0.3) is 5.91 Å². The molecule has 0 aliphatic rings. The summed E-state index contributed by atoms with van der Waals surface area (Å²) in [6.07, 6.45) is 3.04. The van der Waals surface area contributed by atoms with Crippen LogP contribution < -0.4 is 5.43 Å². The Labute approximate surface area is 120 Å². The molecule has 4 nitrogen and oxygen atoms in total. The number of para-hydroxylation sites is 1. The van der Waals surface area contributed by atoms with Crippen molar-refractivity contribution in [3.05, 3.63) is 71.7 Å². The number of nitrogens with zero attached hydrogens (tertiary/aromatic N) is 1. The zero-order valence-corrected chi connectivity index (χ0v) is 11.0. The fourth-order valence-electron chi connectivity index (χ4n) is 2.07. The van der Waals surface area contributed by atoms with Gasteiger partial charge in [-0.2, -0.15) is 5.10 Å². The summed E-state index contributed by atoms with van der Waals surface area (Å²) in [5, 5.41) is 4.67. The fourth-order valence-corrected chi connectivity index (χ4v) is 2.07. The summed E-state index contributed by atoms with van der Waals surface area (Å²) in [7, 11) is 0. The van der Waals surface area contributed by atoms with Crippen molar-refractivity contribution in [2.75, 3.05) is 0 Å². The van der Waals surface area contributed by atoms with Crippen LogP contribution >= 0.6 is 0 Å². The van der Waals surface area contributed by atoms with E-state index in [1.54, 1.807) is 18.3 Å². The molecule has 0 saturated heterocycles. The van der Waals surface area contributed by atoms with Crippen LogP contribution in [0, 0.1) is 5.82 Å². The number of amides is 1. The molecule has 0 radical (unpaired) electrons. The molecule has 0 bridgehead atoms. The van der Waals surface area contributed by atoms with Crippen molar-refractivity contribution in [1.82, 2.24) is 10.4 Å². The van der Waals surface area contributed by atoms with E-state index in [1.807, 2.05) is 24.3 Å². The number of H-pyrrole nitrogens is 1. The maximum atomic E-state index is 13.0. The maximum Gasteiger partial charge on any atom is 0.273 e. The summed E-state index contributed by atoms with van der Waals surface area (Å²) in [4.78, 5) is 15.1. The first kappa shape index (κ1) is 13.1. The van der Waals surface area contributed by atoms with Crippen LogP contribution in [0.15, 0.2) is 59.8 Å². The summed E-state index contributed by atoms with van der Waals surface area (Å²) < 4.78 is 13.0. The first-order chi connectivity index (χ1) is 10.2. The predicted molar refractivity (Wildman–Crippen MR) is 79.8 cm³/mol. The van der Waals surface area contributed by atoms with Gasteiger partial charge >= 0.3 is 0 Å². The maximum absolute atomic E-state index is 13.0. The molecule has 2 aromatic carbocycles. The second-order valence-electron chi connectivity index (χ2n) is 4.50. The number of halogens is 1. The van der Waals surface area contributed by atoms with Crippen molar-refractivity contribution in [2.24, 2.45) is 5.10 Å². The van der Waals surface area contributed by atoms with Crippen LogP contribution in [0.25, 0.3) is 10.9 Å². The molecule has 0 saturated carbocycles. The van der Waals surface area contributed by atoms with Gasteiger partial charge in [0.15, 0.2) is 0 Å². The molecule has 0 aliphatic heterocycles. The van der Waals surface area contributed by atoms with E-state index < -0.39 is 0 Å². The number of rotatable bonds is 3. The van der Waals surface area contributed by atoms with Gasteiger partial charge in [-0.15, -0.1) is 0 Å². The van der Waals surface area contributed by atoms with E-state index in [4.69, 9.17) is 0 Å². The lowest BCUT2D eigenvalue weighted by Gasteiger charge is -1.98. The summed E-state index contributed by atoms with van der Waals surface area (Å²) in [6, 6.07) is 13.5. The number of nitrogens with one attached hydrogen (secondary N) is 2. The third-order valence-electron chi connectivity index (χ3n) is 3.06. The highest BCUT2D eigenvalue weighted by Crippen LogP contribution is 2.17. The van der Waals surface area contributed by atoms with Crippen LogP contribution in [-0.2, 0) is 0 Å². The van der Waals surface area contributed by atoms with E-state index in [1.165, 1.54) is 18.3 Å². The highest BCUT2D eigenvalue weighted by atomic mass is 19.1. The predicted octanol–water partition coefficient (Wildman–Crippen LogP) is 3.07. The van der Waals surface area contributed by atoms with Crippen LogP contribution in [0.5, 0.6) is 0 Å². The minimum absolute atomic E-state index is 0.319. The Hall–Kier alpha value is -2.95. The third kappa shape index (κ3) is 2.81. The van der Waals surface area contributed by atoms with Gasteiger partial charge in [0, 0.05) is 17.1 Å². The summed E-state index contributed by atoms with van der Waals surface area (Å²) in [5.41, 5.74) is 4.41.